The lowest BCUT2D eigenvalue weighted by Gasteiger charge is -2.36. The average Bonchev–Trinajstić information content (AvgIpc) is 2.90. The number of nitro groups is 1. The standard InChI is InChI=1S/C28H30N2O7/c1-4-36-12-13-37-28(32)25-17(2)29-23-15-20(18-8-10-22(35-3)11-9-18)16-24(31)27(23)26(25)19-6-5-7-21(14-19)30(33)34/h5-11,14,20,26,29H,4,12-13,15-16H2,1-3H3/t20-,26-/m0/s1. The van der Waals surface area contributed by atoms with Crippen LogP contribution in [-0.4, -0.2) is 43.6 Å². The summed E-state index contributed by atoms with van der Waals surface area (Å²) in [5.74, 6) is -0.794. The van der Waals surface area contributed by atoms with Gasteiger partial charge in [0.25, 0.3) is 5.69 Å². The van der Waals surface area contributed by atoms with Crippen molar-refractivity contribution in [3.63, 3.8) is 0 Å². The fraction of sp³-hybridized carbons (Fsp3) is 0.357. The second-order valence-corrected chi connectivity index (χ2v) is 8.98. The van der Waals surface area contributed by atoms with Gasteiger partial charge in [-0.2, -0.15) is 0 Å². The number of carbonyl (C=O) groups excluding carboxylic acids is 2. The Labute approximate surface area is 215 Å². The summed E-state index contributed by atoms with van der Waals surface area (Å²) in [6, 6.07) is 13.7. The van der Waals surface area contributed by atoms with Crippen LogP contribution in [0.5, 0.6) is 5.75 Å². The van der Waals surface area contributed by atoms with E-state index in [0.29, 0.717) is 29.9 Å². The zero-order valence-electron chi connectivity index (χ0n) is 21.1. The topological polar surface area (TPSA) is 117 Å². The highest BCUT2D eigenvalue weighted by Gasteiger charge is 2.41. The molecule has 9 heteroatoms. The van der Waals surface area contributed by atoms with E-state index in [2.05, 4.69) is 5.32 Å². The molecular formula is C28H30N2O7. The first-order valence-electron chi connectivity index (χ1n) is 12.2. The van der Waals surface area contributed by atoms with Gasteiger partial charge in [-0.3, -0.25) is 14.9 Å². The Balaban J connectivity index is 1.73. The molecule has 2 aromatic carbocycles. The number of nitrogens with one attached hydrogen (secondary N) is 1. The normalized spacial score (nSPS) is 19.3. The third-order valence-electron chi connectivity index (χ3n) is 6.71. The fourth-order valence-electron chi connectivity index (χ4n) is 4.99. The summed E-state index contributed by atoms with van der Waals surface area (Å²) in [5, 5.41) is 14.8. The largest absolute Gasteiger partial charge is 0.497 e. The molecule has 37 heavy (non-hydrogen) atoms. The summed E-state index contributed by atoms with van der Waals surface area (Å²) in [5.41, 5.74) is 3.39. The van der Waals surface area contributed by atoms with E-state index in [-0.39, 0.29) is 42.6 Å². The SMILES string of the molecule is CCOCCOC(=O)C1=C(C)NC2=C(C(=O)C[C@@H](c3ccc(OC)cc3)C2)[C@H]1c1cccc([N+](=O)[O-])c1. The number of benzene rings is 2. The number of non-ortho nitro benzene ring substituents is 1. The molecule has 4 rings (SSSR count). The molecule has 0 aromatic heterocycles. The van der Waals surface area contributed by atoms with Gasteiger partial charge >= 0.3 is 5.97 Å². The number of carbonyl (C=O) groups is 2. The molecule has 0 fully saturated rings. The second-order valence-electron chi connectivity index (χ2n) is 8.98. The molecule has 0 amide bonds. The van der Waals surface area contributed by atoms with Crippen molar-refractivity contribution in [2.24, 2.45) is 0 Å². The summed E-state index contributed by atoms with van der Waals surface area (Å²) >= 11 is 0. The van der Waals surface area contributed by atoms with Crippen molar-refractivity contribution in [2.75, 3.05) is 26.9 Å². The summed E-state index contributed by atoms with van der Waals surface area (Å²) < 4.78 is 16.0. The monoisotopic (exact) mass is 506 g/mol. The van der Waals surface area contributed by atoms with Gasteiger partial charge in [-0.25, -0.2) is 4.79 Å². The van der Waals surface area contributed by atoms with E-state index in [4.69, 9.17) is 14.2 Å². The van der Waals surface area contributed by atoms with E-state index in [1.54, 1.807) is 26.2 Å². The number of dihydropyridines is 1. The van der Waals surface area contributed by atoms with Gasteiger partial charge in [0.1, 0.15) is 12.4 Å². The van der Waals surface area contributed by atoms with Gasteiger partial charge in [0.05, 0.1) is 24.2 Å². The molecule has 2 atom stereocenters. The van der Waals surface area contributed by atoms with Crippen LogP contribution in [0.15, 0.2) is 71.1 Å². The predicted molar refractivity (Wildman–Crippen MR) is 136 cm³/mol. The van der Waals surface area contributed by atoms with Gasteiger partial charge in [0.15, 0.2) is 5.78 Å². The summed E-state index contributed by atoms with van der Waals surface area (Å²) in [4.78, 5) is 37.9. The summed E-state index contributed by atoms with van der Waals surface area (Å²) in [6.45, 7) is 4.41. The lowest BCUT2D eigenvalue weighted by molar-refractivity contribution is -0.384. The molecule has 0 saturated carbocycles. The van der Waals surface area contributed by atoms with Crippen molar-refractivity contribution in [3.8, 4) is 5.75 Å². The van der Waals surface area contributed by atoms with Gasteiger partial charge in [-0.05, 0) is 49.4 Å². The number of ketones is 1. The number of hydrogen-bond acceptors (Lipinski definition) is 8. The highest BCUT2D eigenvalue weighted by Crippen LogP contribution is 2.46. The molecule has 1 heterocycles. The molecule has 2 aromatic rings. The van der Waals surface area contributed by atoms with Gasteiger partial charge in [-0.1, -0.05) is 24.3 Å². The van der Waals surface area contributed by atoms with Crippen LogP contribution >= 0.6 is 0 Å². The lowest BCUT2D eigenvalue weighted by Crippen LogP contribution is -2.36. The molecule has 2 aliphatic rings. The van der Waals surface area contributed by atoms with Crippen LogP contribution in [0.1, 0.15) is 49.7 Å². The van der Waals surface area contributed by atoms with E-state index < -0.39 is 16.8 Å². The molecule has 1 aliphatic heterocycles. The number of rotatable bonds is 9. The molecule has 0 unspecified atom stereocenters. The van der Waals surface area contributed by atoms with E-state index in [9.17, 15) is 19.7 Å². The smallest absolute Gasteiger partial charge is 0.336 e. The van der Waals surface area contributed by atoms with Gasteiger partial charge < -0.3 is 19.5 Å². The first-order valence-corrected chi connectivity index (χ1v) is 12.2. The molecule has 1 N–H and O–H groups in total. The minimum Gasteiger partial charge on any atom is -0.497 e. The summed E-state index contributed by atoms with van der Waals surface area (Å²) in [7, 11) is 1.60. The van der Waals surface area contributed by atoms with Crippen LogP contribution < -0.4 is 10.1 Å². The van der Waals surface area contributed by atoms with Gasteiger partial charge in [-0.15, -0.1) is 0 Å². The van der Waals surface area contributed by atoms with Crippen molar-refractivity contribution in [2.45, 2.75) is 38.5 Å². The first-order chi connectivity index (χ1) is 17.8. The molecule has 0 spiro atoms. The maximum absolute atomic E-state index is 13.7. The zero-order valence-corrected chi connectivity index (χ0v) is 21.1. The number of methoxy groups -OCH3 is 1. The highest BCUT2D eigenvalue weighted by atomic mass is 16.6. The minimum atomic E-state index is -0.778. The van der Waals surface area contributed by atoms with Crippen molar-refractivity contribution < 1.29 is 28.7 Å². The molecule has 0 bridgehead atoms. The number of nitro benzene ring substituents is 1. The Kier molecular flexibility index (Phi) is 8.03. The Morgan fingerprint density at radius 1 is 1.11 bits per heavy atom. The van der Waals surface area contributed by atoms with Crippen LogP contribution in [-0.2, 0) is 19.1 Å². The average molecular weight is 507 g/mol. The number of esters is 1. The third kappa shape index (κ3) is 5.56. The van der Waals surface area contributed by atoms with Crippen LogP contribution in [0.4, 0.5) is 5.69 Å². The number of hydrogen-bond donors (Lipinski definition) is 1. The zero-order chi connectivity index (χ0) is 26.5. The number of Topliss-reactive ketones (excluding diaryl/α,β-unsaturated/α-hetero) is 1. The Morgan fingerprint density at radius 3 is 2.54 bits per heavy atom. The predicted octanol–water partition coefficient (Wildman–Crippen LogP) is 4.54. The van der Waals surface area contributed by atoms with E-state index in [1.165, 1.54) is 12.1 Å². The van der Waals surface area contributed by atoms with Crippen LogP contribution in [0, 0.1) is 10.1 Å². The molecule has 9 nitrogen and oxygen atoms in total. The van der Waals surface area contributed by atoms with Crippen molar-refractivity contribution in [1.29, 1.82) is 0 Å². The number of nitrogens with zero attached hydrogens (tertiary/aromatic N) is 1. The molecule has 0 radical (unpaired) electrons. The van der Waals surface area contributed by atoms with Crippen LogP contribution in [0.25, 0.3) is 0 Å². The lowest BCUT2D eigenvalue weighted by atomic mass is 9.71. The van der Waals surface area contributed by atoms with Crippen LogP contribution in [0.2, 0.25) is 0 Å². The van der Waals surface area contributed by atoms with Gasteiger partial charge in [0.2, 0.25) is 0 Å². The quantitative estimate of drug-likeness (QED) is 0.228. The van der Waals surface area contributed by atoms with Crippen molar-refractivity contribution in [3.05, 3.63) is 92.3 Å². The van der Waals surface area contributed by atoms with Crippen LogP contribution in [0.3, 0.4) is 0 Å². The van der Waals surface area contributed by atoms with Crippen molar-refractivity contribution >= 4 is 17.4 Å². The molecule has 1 aliphatic carbocycles. The number of ether oxygens (including phenoxy) is 3. The highest BCUT2D eigenvalue weighted by molar-refractivity contribution is 6.04. The Hall–Kier alpha value is -3.98. The molecule has 0 saturated heterocycles. The fourth-order valence-corrected chi connectivity index (χ4v) is 4.99. The van der Waals surface area contributed by atoms with Crippen molar-refractivity contribution in [1.82, 2.24) is 5.32 Å². The van der Waals surface area contributed by atoms with Gasteiger partial charge in [0, 0.05) is 48.0 Å². The maximum Gasteiger partial charge on any atom is 0.336 e. The Morgan fingerprint density at radius 2 is 1.86 bits per heavy atom. The minimum absolute atomic E-state index is 0.0529. The molecular weight excluding hydrogens is 476 g/mol. The first kappa shape index (κ1) is 26.1. The van der Waals surface area contributed by atoms with E-state index in [0.717, 1.165) is 17.0 Å². The van der Waals surface area contributed by atoms with E-state index >= 15 is 0 Å². The number of allylic oxidation sites excluding steroid dienone is 3. The Bertz CT molecular complexity index is 1260. The maximum atomic E-state index is 13.7. The summed E-state index contributed by atoms with van der Waals surface area (Å²) in [6.07, 6.45) is 0.812. The second kappa shape index (κ2) is 11.4. The third-order valence-corrected chi connectivity index (χ3v) is 6.71. The van der Waals surface area contributed by atoms with E-state index in [1.807, 2.05) is 31.2 Å². The molecule has 194 valence electrons.